The van der Waals surface area contributed by atoms with Crippen LogP contribution in [-0.4, -0.2) is 68.0 Å². The van der Waals surface area contributed by atoms with Gasteiger partial charge in [0.15, 0.2) is 26.9 Å². The van der Waals surface area contributed by atoms with Crippen LogP contribution in [0, 0.1) is 13.8 Å². The number of nitrogens with zero attached hydrogens (tertiary/aromatic N) is 6. The van der Waals surface area contributed by atoms with Crippen molar-refractivity contribution in [3.63, 3.8) is 0 Å². The van der Waals surface area contributed by atoms with Gasteiger partial charge in [-0.15, -0.1) is 0 Å². The smallest absolute Gasteiger partial charge is 0.212 e. The largest absolute Gasteiger partial charge is 0.508 e. The standard InChI is InChI=1S/C35H42N2O2.2C31H30N2O2.C15H16O2.C6H7N.C2H6.BOP/c1-7-36(31-15-11-9-12-16-31)23-27-21-29(19-25(3)33(27)38)35(5,6)30-20-26(4)34(39)28(22-30)24-37(8-2)32-17-13-10-14-18-32;2*1-31(2,25-13-15-29-23(17-25)19-32(21-34-29)27-9-5-3-6-10-27)26-14-16-30-24(18-26)20-33(22-35-30)28-11-7-4-8-12-28;1-15(2,11-3-7-13(16)8-4-11)12-5-9-14(17)10-6-12;7-6-4-2-1-3-5-6;1-2;1-3-2/h9-22,38-39H,7-8,23-24H2,1-6H3;2*3-18H,19-22H2,1-2H3;3-10,16-17H,1-2H3;1-5H,7H2;1-2H3;. The van der Waals surface area contributed by atoms with Crippen LogP contribution in [0.4, 0.5) is 39.8 Å². The van der Waals surface area contributed by atoms with Crippen LogP contribution in [-0.2, 0) is 65.5 Å². The summed E-state index contributed by atoms with van der Waals surface area (Å²) >= 11 is 0. The number of aromatic hydroxyl groups is 4. The molecule has 0 amide bonds. The third kappa shape index (κ3) is 25.0. The molecule has 2 radical (unpaired) electrons. The first-order valence-corrected chi connectivity index (χ1v) is 48.4. The highest BCUT2D eigenvalue weighted by atomic mass is 31.1. The summed E-state index contributed by atoms with van der Waals surface area (Å²) in [5, 5.41) is 40.7. The molecule has 0 spiro atoms. The number of para-hydroxylation sites is 7. The lowest BCUT2D eigenvalue weighted by atomic mass is 9.76. The number of phenols is 4. The second-order valence-corrected chi connectivity index (χ2v) is 37.1. The molecule has 4 aliphatic heterocycles. The van der Waals surface area contributed by atoms with E-state index in [1.807, 2.05) is 143 Å². The van der Waals surface area contributed by atoms with E-state index in [2.05, 4.69) is 325 Å². The van der Waals surface area contributed by atoms with Crippen LogP contribution in [0.5, 0.6) is 46.0 Å². The number of fused-ring (bicyclic) bond motifs is 4. The fourth-order valence-electron chi connectivity index (χ4n) is 17.7. The molecule has 16 nitrogen and oxygen atoms in total. The van der Waals surface area contributed by atoms with E-state index >= 15 is 0 Å². The molecule has 0 aliphatic carbocycles. The molecular formula is C120H131BN7O9P. The Morgan fingerprint density at radius 2 is 0.543 bits per heavy atom. The van der Waals surface area contributed by atoms with E-state index in [9.17, 15) is 20.4 Å². The first kappa shape index (κ1) is 101. The fraction of sp³-hybridized carbons (Fsp3) is 0.250. The molecule has 4 aliphatic rings. The Bertz CT molecular complexity index is 5860. The van der Waals surface area contributed by atoms with Gasteiger partial charge in [0.2, 0.25) is 7.57 Å². The minimum Gasteiger partial charge on any atom is -0.508 e. The zero-order chi connectivity index (χ0) is 98.1. The van der Waals surface area contributed by atoms with Crippen molar-refractivity contribution in [3.8, 4) is 46.0 Å². The van der Waals surface area contributed by atoms with Crippen molar-refractivity contribution >= 4 is 55.7 Å². The maximum absolute atomic E-state index is 11.0. The maximum Gasteiger partial charge on any atom is 0.212 e. The monoisotopic (exact) mass is 1860 g/mol. The summed E-state index contributed by atoms with van der Waals surface area (Å²) in [6.07, 6.45) is 0. The lowest BCUT2D eigenvalue weighted by Crippen LogP contribution is -2.32. The average Bonchev–Trinajstić information content (AvgIpc) is 0.764. The van der Waals surface area contributed by atoms with Gasteiger partial charge >= 0.3 is 0 Å². The van der Waals surface area contributed by atoms with Gasteiger partial charge in [-0.3, -0.25) is 4.57 Å². The third-order valence-corrected chi connectivity index (χ3v) is 26.5. The van der Waals surface area contributed by atoms with Gasteiger partial charge in [0.05, 0.1) is 8.34 Å². The molecule has 0 saturated heterocycles. The number of benzene rings is 15. The van der Waals surface area contributed by atoms with E-state index in [0.29, 0.717) is 51.5 Å². The number of phenolic OH excluding ortho intramolecular Hbond substituents is 4. The Kier molecular flexibility index (Phi) is 34.2. The Morgan fingerprint density at radius 3 is 0.783 bits per heavy atom. The highest BCUT2D eigenvalue weighted by molar-refractivity contribution is 7.55. The summed E-state index contributed by atoms with van der Waals surface area (Å²) in [4.78, 5) is 13.6. The lowest BCUT2D eigenvalue weighted by Gasteiger charge is -2.34. The molecule has 0 aromatic heterocycles. The van der Waals surface area contributed by atoms with Crippen molar-refractivity contribution in [1.82, 2.24) is 0 Å². The summed E-state index contributed by atoms with van der Waals surface area (Å²) in [7, 11) is 3.93. The van der Waals surface area contributed by atoms with Crippen LogP contribution in [0.25, 0.3) is 0 Å². The molecule has 0 unspecified atom stereocenters. The molecule has 6 N–H and O–H groups in total. The minimum absolute atomic E-state index is 0.151. The van der Waals surface area contributed by atoms with E-state index in [1.54, 1.807) is 24.3 Å². The van der Waals surface area contributed by atoms with Crippen LogP contribution < -0.4 is 54.1 Å². The Balaban J connectivity index is 0.000000153. The summed E-state index contributed by atoms with van der Waals surface area (Å²) in [5.41, 5.74) is 30.5. The van der Waals surface area contributed by atoms with Crippen LogP contribution in [0.15, 0.2) is 358 Å². The average molecular weight is 1860 g/mol. The quantitative estimate of drug-likeness (QED) is 0.0276. The second kappa shape index (κ2) is 46.8. The van der Waals surface area contributed by atoms with Crippen molar-refractivity contribution in [3.05, 3.63) is 447 Å². The van der Waals surface area contributed by atoms with Gasteiger partial charge in [0, 0.05) is 147 Å². The number of ether oxygens (including phenoxy) is 4. The van der Waals surface area contributed by atoms with Crippen molar-refractivity contribution < 1.29 is 43.9 Å². The molecule has 15 aromatic rings. The van der Waals surface area contributed by atoms with E-state index in [-0.39, 0.29) is 41.5 Å². The molecule has 138 heavy (non-hydrogen) atoms. The molecular weight excluding hydrogens is 1730 g/mol. The summed E-state index contributed by atoms with van der Waals surface area (Å²) < 4.78 is 33.1. The Labute approximate surface area is 820 Å². The predicted molar refractivity (Wildman–Crippen MR) is 571 cm³/mol. The van der Waals surface area contributed by atoms with Crippen molar-refractivity contribution in [1.29, 1.82) is 0 Å². The zero-order valence-electron chi connectivity index (χ0n) is 82.2. The fourth-order valence-corrected chi connectivity index (χ4v) is 17.7. The number of nitrogens with two attached hydrogens (primary N) is 1. The van der Waals surface area contributed by atoms with Gasteiger partial charge in [-0.2, -0.15) is 0 Å². The number of nitrogen functional groups attached to an aromatic ring is 1. The van der Waals surface area contributed by atoms with Crippen molar-refractivity contribution in [2.45, 2.75) is 158 Å². The number of hydrogen-bond acceptors (Lipinski definition) is 16. The predicted octanol–water partition coefficient (Wildman–Crippen LogP) is 27.6. The normalized spacial score (nSPS) is 12.9. The lowest BCUT2D eigenvalue weighted by molar-refractivity contribution is 0.288. The molecule has 0 fully saturated rings. The summed E-state index contributed by atoms with van der Waals surface area (Å²) in [6, 6.07) is 122. The van der Waals surface area contributed by atoms with E-state index in [4.69, 9.17) is 29.2 Å². The van der Waals surface area contributed by atoms with Crippen LogP contribution in [0.1, 0.15) is 172 Å². The number of hydrogen-bond donors (Lipinski definition) is 5. The van der Waals surface area contributed by atoms with Crippen molar-refractivity contribution in [2.75, 3.05) is 75.1 Å². The van der Waals surface area contributed by atoms with Gasteiger partial charge in [-0.05, 0) is 253 Å². The van der Waals surface area contributed by atoms with Gasteiger partial charge < -0.3 is 74.5 Å². The van der Waals surface area contributed by atoms with Gasteiger partial charge in [-0.1, -0.05) is 257 Å². The first-order chi connectivity index (χ1) is 66.6. The first-order valence-electron chi connectivity index (χ1n) is 47.5. The number of aryl methyl sites for hydroxylation is 2. The zero-order valence-corrected chi connectivity index (χ0v) is 83.1. The van der Waals surface area contributed by atoms with E-state index in [1.165, 1.54) is 67.3 Å². The highest BCUT2D eigenvalue weighted by Crippen LogP contribution is 2.45. The Hall–Kier alpha value is -14.5. The third-order valence-electron chi connectivity index (χ3n) is 26.5. The molecule has 15 aromatic carbocycles. The molecule has 19 rings (SSSR count). The highest BCUT2D eigenvalue weighted by Gasteiger charge is 2.34. The van der Waals surface area contributed by atoms with E-state index in [0.717, 1.165) is 124 Å². The van der Waals surface area contributed by atoms with Gasteiger partial charge in [0.1, 0.15) is 46.0 Å². The molecule has 708 valence electrons. The summed E-state index contributed by atoms with van der Waals surface area (Å²) in [6.45, 7) is 38.7. The Morgan fingerprint density at radius 1 is 0.319 bits per heavy atom. The van der Waals surface area contributed by atoms with Crippen LogP contribution in [0.3, 0.4) is 0 Å². The van der Waals surface area contributed by atoms with Gasteiger partial charge in [0.25, 0.3) is 0 Å². The van der Waals surface area contributed by atoms with Gasteiger partial charge in [-0.25, -0.2) is 0 Å². The van der Waals surface area contributed by atoms with Crippen molar-refractivity contribution in [2.24, 2.45) is 0 Å². The minimum atomic E-state index is -0.339. The maximum atomic E-state index is 11.0. The number of rotatable bonds is 20. The molecule has 4 heterocycles. The van der Waals surface area contributed by atoms with E-state index < -0.39 is 0 Å². The molecule has 0 atom stereocenters. The molecule has 18 heteroatoms. The van der Waals surface area contributed by atoms with Crippen LogP contribution in [0.2, 0.25) is 0 Å². The second-order valence-electron chi connectivity index (χ2n) is 36.9. The SMILES string of the molecule is CC.CC(C)(c1ccc(O)cc1)c1ccc(O)cc1.CC(C)(c1ccc2c(c1)CN(c1ccccc1)CO2)c1ccc2c(c1)CN(c1ccccc1)CO2.CC(C)(c1ccc2c(c1)CN(c1ccccc1)CO2)c1ccc2c(c1)CN(c1ccccc1)CO2.CCN(Cc1cc(C(C)(C)c2cc(C)c(O)c(CN(CC)c3ccccc3)c2)cc(C)c1O)c1ccccc1.Nc1ccccc1.[B]P=O. The summed E-state index contributed by atoms with van der Waals surface area (Å²) in [5.74, 6) is 5.18. The topological polar surface area (TPSA) is 180 Å². The molecule has 0 saturated carbocycles. The molecule has 0 bridgehead atoms. The number of anilines is 7. The van der Waals surface area contributed by atoms with Crippen LogP contribution >= 0.6 is 8.34 Å².